The summed E-state index contributed by atoms with van der Waals surface area (Å²) in [7, 11) is 1.52. The number of hydrogen-bond donors (Lipinski definition) is 2. The molecule has 1 fully saturated rings. The van der Waals surface area contributed by atoms with Gasteiger partial charge in [-0.15, -0.1) is 0 Å². The van der Waals surface area contributed by atoms with Crippen LogP contribution in [-0.4, -0.2) is 25.5 Å². The third-order valence-corrected chi connectivity index (χ3v) is 4.26. The van der Waals surface area contributed by atoms with Crippen LogP contribution >= 0.6 is 0 Å². The Balaban J connectivity index is 1.58. The van der Waals surface area contributed by atoms with Gasteiger partial charge in [-0.1, -0.05) is 24.3 Å². The highest BCUT2D eigenvalue weighted by atomic mass is 19.1. The van der Waals surface area contributed by atoms with Gasteiger partial charge in [0.2, 0.25) is 5.91 Å². The fraction of sp³-hybridized carbons (Fsp3) is 0.263. The van der Waals surface area contributed by atoms with Crippen molar-refractivity contribution in [1.29, 1.82) is 0 Å². The fourth-order valence-electron chi connectivity index (χ4n) is 2.77. The van der Waals surface area contributed by atoms with Gasteiger partial charge in [0.1, 0.15) is 11.6 Å². The third kappa shape index (κ3) is 3.79. The van der Waals surface area contributed by atoms with Crippen molar-refractivity contribution >= 4 is 11.8 Å². The van der Waals surface area contributed by atoms with Crippen molar-refractivity contribution < 1.29 is 18.7 Å². The number of hydrogen-bond acceptors (Lipinski definition) is 3. The van der Waals surface area contributed by atoms with E-state index in [9.17, 15) is 14.0 Å². The molecule has 1 saturated carbocycles. The molecule has 6 heteroatoms. The summed E-state index contributed by atoms with van der Waals surface area (Å²) in [6.07, 6.45) is 1.37. The normalized spacial score (nSPS) is 14.5. The first-order chi connectivity index (χ1) is 12.0. The molecule has 1 aliphatic rings. The lowest BCUT2D eigenvalue weighted by molar-refractivity contribution is -0.121. The lowest BCUT2D eigenvalue weighted by Gasteiger charge is -2.18. The van der Waals surface area contributed by atoms with Crippen LogP contribution in [0.25, 0.3) is 0 Å². The lowest BCUT2D eigenvalue weighted by atomic mass is 10.0. The summed E-state index contributed by atoms with van der Waals surface area (Å²) in [4.78, 5) is 24.3. The van der Waals surface area contributed by atoms with Crippen LogP contribution in [-0.2, 0) is 10.3 Å². The number of ether oxygens (including phenoxy) is 1. The van der Waals surface area contributed by atoms with Crippen LogP contribution in [0.4, 0.5) is 4.39 Å². The lowest BCUT2D eigenvalue weighted by Crippen LogP contribution is -2.42. The molecular formula is C19H19FN2O3. The van der Waals surface area contributed by atoms with Crippen molar-refractivity contribution in [2.24, 2.45) is 0 Å². The summed E-state index contributed by atoms with van der Waals surface area (Å²) in [6.45, 7) is -0.174. The topological polar surface area (TPSA) is 67.4 Å². The Kier molecular flexibility index (Phi) is 4.70. The molecule has 2 N–H and O–H groups in total. The van der Waals surface area contributed by atoms with E-state index in [2.05, 4.69) is 10.6 Å². The van der Waals surface area contributed by atoms with Gasteiger partial charge in [0, 0.05) is 11.1 Å². The largest absolute Gasteiger partial charge is 0.497 e. The van der Waals surface area contributed by atoms with Crippen molar-refractivity contribution in [1.82, 2.24) is 10.6 Å². The van der Waals surface area contributed by atoms with Crippen molar-refractivity contribution in [3.8, 4) is 5.75 Å². The Labute approximate surface area is 145 Å². The molecule has 3 rings (SSSR count). The molecule has 25 heavy (non-hydrogen) atoms. The molecule has 2 amide bonds. The Morgan fingerprint density at radius 1 is 1.16 bits per heavy atom. The molecule has 0 bridgehead atoms. The Hall–Kier alpha value is -2.89. The second-order valence-electron chi connectivity index (χ2n) is 6.02. The Morgan fingerprint density at radius 2 is 1.92 bits per heavy atom. The molecule has 0 spiro atoms. The van der Waals surface area contributed by atoms with E-state index in [1.807, 2.05) is 0 Å². The third-order valence-electron chi connectivity index (χ3n) is 4.26. The summed E-state index contributed by atoms with van der Waals surface area (Å²) in [5.41, 5.74) is 0.244. The van der Waals surface area contributed by atoms with Gasteiger partial charge in [0.15, 0.2) is 0 Å². The smallest absolute Gasteiger partial charge is 0.251 e. The summed E-state index contributed by atoms with van der Waals surface area (Å²) in [5, 5.41) is 5.40. The number of amides is 2. The highest BCUT2D eigenvalue weighted by molar-refractivity contribution is 5.96. The molecule has 130 valence electrons. The minimum absolute atomic E-state index is 0.174. The molecule has 0 heterocycles. The molecule has 0 aromatic heterocycles. The number of carbonyl (C=O) groups is 2. The van der Waals surface area contributed by atoms with Crippen molar-refractivity contribution in [3.63, 3.8) is 0 Å². The predicted octanol–water partition coefficient (Wildman–Crippen LogP) is 2.37. The maximum Gasteiger partial charge on any atom is 0.251 e. The zero-order valence-corrected chi connectivity index (χ0v) is 13.8. The van der Waals surface area contributed by atoms with Crippen LogP contribution in [0.1, 0.15) is 28.8 Å². The molecule has 1 aliphatic carbocycles. The first kappa shape index (κ1) is 17.0. The molecule has 0 atom stereocenters. The highest BCUT2D eigenvalue weighted by Gasteiger charge is 2.47. The van der Waals surface area contributed by atoms with E-state index in [0.717, 1.165) is 0 Å². The van der Waals surface area contributed by atoms with Crippen LogP contribution in [0.15, 0.2) is 48.5 Å². The summed E-state index contributed by atoms with van der Waals surface area (Å²) in [6, 6.07) is 13.1. The number of benzene rings is 2. The predicted molar refractivity (Wildman–Crippen MR) is 90.8 cm³/mol. The number of halogens is 1. The summed E-state index contributed by atoms with van der Waals surface area (Å²) >= 11 is 0. The first-order valence-corrected chi connectivity index (χ1v) is 8.02. The molecule has 0 saturated heterocycles. The van der Waals surface area contributed by atoms with Gasteiger partial charge in [-0.25, -0.2) is 4.39 Å². The number of nitrogens with one attached hydrogen (secondary N) is 2. The SMILES string of the molecule is COc1cccc(C(=O)NCC(=O)NC2(c3ccccc3F)CC2)c1. The van der Waals surface area contributed by atoms with E-state index in [1.165, 1.54) is 13.2 Å². The molecule has 2 aromatic rings. The quantitative estimate of drug-likeness (QED) is 0.847. The van der Waals surface area contributed by atoms with Crippen molar-refractivity contribution in [2.45, 2.75) is 18.4 Å². The van der Waals surface area contributed by atoms with Crippen molar-refractivity contribution in [3.05, 3.63) is 65.5 Å². The average molecular weight is 342 g/mol. The van der Waals surface area contributed by atoms with Crippen molar-refractivity contribution in [2.75, 3.05) is 13.7 Å². The second-order valence-corrected chi connectivity index (χ2v) is 6.02. The number of carbonyl (C=O) groups excluding carboxylic acids is 2. The average Bonchev–Trinajstić information content (AvgIpc) is 3.40. The molecule has 0 unspecified atom stereocenters. The monoisotopic (exact) mass is 342 g/mol. The van der Waals surface area contributed by atoms with Crippen LogP contribution in [0.3, 0.4) is 0 Å². The minimum Gasteiger partial charge on any atom is -0.497 e. The van der Waals surface area contributed by atoms with E-state index >= 15 is 0 Å². The zero-order valence-electron chi connectivity index (χ0n) is 13.8. The number of methoxy groups -OCH3 is 1. The van der Waals surface area contributed by atoms with Gasteiger partial charge in [-0.3, -0.25) is 9.59 Å². The van der Waals surface area contributed by atoms with Gasteiger partial charge in [0.25, 0.3) is 5.91 Å². The fourth-order valence-corrected chi connectivity index (χ4v) is 2.77. The van der Waals surface area contributed by atoms with Gasteiger partial charge >= 0.3 is 0 Å². The van der Waals surface area contributed by atoms with E-state index in [-0.39, 0.29) is 24.2 Å². The van der Waals surface area contributed by atoms with Gasteiger partial charge in [-0.05, 0) is 37.1 Å². The molecular weight excluding hydrogens is 323 g/mol. The summed E-state index contributed by atoms with van der Waals surface area (Å²) < 4.78 is 19.0. The van der Waals surface area contributed by atoms with E-state index in [0.29, 0.717) is 29.7 Å². The minimum atomic E-state index is -0.650. The second kappa shape index (κ2) is 6.93. The molecule has 0 radical (unpaired) electrons. The van der Waals surface area contributed by atoms with Gasteiger partial charge in [0.05, 0.1) is 19.2 Å². The van der Waals surface area contributed by atoms with Crippen LogP contribution < -0.4 is 15.4 Å². The summed E-state index contributed by atoms with van der Waals surface area (Å²) in [5.74, 6) is -0.490. The molecule has 2 aromatic carbocycles. The van der Waals surface area contributed by atoms with E-state index in [4.69, 9.17) is 4.74 Å². The van der Waals surface area contributed by atoms with Crippen LogP contribution in [0, 0.1) is 5.82 Å². The van der Waals surface area contributed by atoms with Crippen LogP contribution in [0.2, 0.25) is 0 Å². The molecule has 0 aliphatic heterocycles. The maximum atomic E-state index is 13.9. The van der Waals surface area contributed by atoms with E-state index in [1.54, 1.807) is 42.5 Å². The Morgan fingerprint density at radius 3 is 2.60 bits per heavy atom. The molecule has 5 nitrogen and oxygen atoms in total. The Bertz CT molecular complexity index is 803. The van der Waals surface area contributed by atoms with Gasteiger partial charge < -0.3 is 15.4 Å². The van der Waals surface area contributed by atoms with Crippen LogP contribution in [0.5, 0.6) is 5.75 Å². The van der Waals surface area contributed by atoms with E-state index < -0.39 is 5.54 Å². The highest BCUT2D eigenvalue weighted by Crippen LogP contribution is 2.46. The maximum absolute atomic E-state index is 13.9. The van der Waals surface area contributed by atoms with Gasteiger partial charge in [-0.2, -0.15) is 0 Å². The standard InChI is InChI=1S/C19H19FN2O3/c1-25-14-6-4-5-13(11-14)18(24)21-12-17(23)22-19(9-10-19)15-7-2-3-8-16(15)20/h2-8,11H,9-10,12H2,1H3,(H,21,24)(H,22,23). The number of rotatable bonds is 6. The zero-order chi connectivity index (χ0) is 17.9. The first-order valence-electron chi connectivity index (χ1n) is 8.02.